The number of amides is 2. The fourth-order valence-corrected chi connectivity index (χ4v) is 8.29. The predicted molar refractivity (Wildman–Crippen MR) is 172 cm³/mol. The van der Waals surface area contributed by atoms with Gasteiger partial charge in [-0.2, -0.15) is 5.10 Å². The minimum Gasteiger partial charge on any atom is -0.390 e. The summed E-state index contributed by atoms with van der Waals surface area (Å²) in [6.45, 7) is 8.57. The van der Waals surface area contributed by atoms with Crippen LogP contribution in [0.25, 0.3) is 5.69 Å². The van der Waals surface area contributed by atoms with Gasteiger partial charge in [0.05, 0.1) is 22.4 Å². The first kappa shape index (κ1) is 33.6. The number of aliphatic hydroxyl groups excluding tert-OH is 1. The molecule has 248 valence electrons. The predicted octanol–water partition coefficient (Wildman–Crippen LogP) is 3.14. The number of sulfonamides is 1. The van der Waals surface area contributed by atoms with Crippen molar-refractivity contribution >= 4 is 21.8 Å². The van der Waals surface area contributed by atoms with Gasteiger partial charge in [-0.1, -0.05) is 32.6 Å². The van der Waals surface area contributed by atoms with Gasteiger partial charge in [0.2, 0.25) is 21.8 Å². The zero-order chi connectivity index (χ0) is 32.5. The van der Waals surface area contributed by atoms with Gasteiger partial charge in [-0.25, -0.2) is 17.4 Å². The molecule has 1 spiro atoms. The number of aliphatic hydroxyl groups is 1. The van der Waals surface area contributed by atoms with Crippen LogP contribution >= 0.6 is 0 Å². The van der Waals surface area contributed by atoms with Crippen LogP contribution in [-0.4, -0.2) is 101 Å². The van der Waals surface area contributed by atoms with Crippen molar-refractivity contribution in [3.8, 4) is 5.69 Å². The zero-order valence-corrected chi connectivity index (χ0v) is 28.3. The summed E-state index contributed by atoms with van der Waals surface area (Å²) in [6, 6.07) is 5.88. The van der Waals surface area contributed by atoms with Crippen molar-refractivity contribution in [2.24, 2.45) is 5.92 Å². The molecule has 12 heteroatoms. The first-order valence-electron chi connectivity index (χ1n) is 16.5. The lowest BCUT2D eigenvalue weighted by Crippen LogP contribution is -2.75. The molecule has 3 fully saturated rings. The molecule has 11 nitrogen and oxygen atoms in total. The molecule has 5 rings (SSSR count). The van der Waals surface area contributed by atoms with Crippen molar-refractivity contribution in [3.63, 3.8) is 0 Å². The van der Waals surface area contributed by atoms with Gasteiger partial charge in [-0.05, 0) is 76.1 Å². The van der Waals surface area contributed by atoms with Crippen LogP contribution in [0.15, 0.2) is 29.2 Å². The Hall–Kier alpha value is -2.80. The Morgan fingerprint density at radius 3 is 2.31 bits per heavy atom. The summed E-state index contributed by atoms with van der Waals surface area (Å²) in [5.41, 5.74) is 2.86. The molecule has 1 aromatic carbocycles. The Bertz CT molecular complexity index is 1470. The molecule has 2 aliphatic heterocycles. The van der Waals surface area contributed by atoms with Gasteiger partial charge >= 0.3 is 0 Å². The summed E-state index contributed by atoms with van der Waals surface area (Å²) < 4.78 is 28.0. The second-order valence-electron chi connectivity index (χ2n) is 13.3. The van der Waals surface area contributed by atoms with E-state index in [-0.39, 0.29) is 22.6 Å². The first-order chi connectivity index (χ1) is 21.4. The smallest absolute Gasteiger partial charge is 0.248 e. The fourth-order valence-electron chi connectivity index (χ4n) is 7.39. The maximum atomic E-state index is 13.9. The van der Waals surface area contributed by atoms with Crippen molar-refractivity contribution in [1.82, 2.24) is 29.2 Å². The van der Waals surface area contributed by atoms with Gasteiger partial charge in [0.1, 0.15) is 11.6 Å². The fraction of sp³-hybridized carbons (Fsp3) is 0.667. The van der Waals surface area contributed by atoms with Crippen molar-refractivity contribution < 1.29 is 23.1 Å². The lowest BCUT2D eigenvalue weighted by Gasteiger charge is -2.52. The molecule has 2 saturated heterocycles. The molecule has 0 bridgehead atoms. The molecule has 1 aromatic heterocycles. The van der Waals surface area contributed by atoms with Gasteiger partial charge in [-0.3, -0.25) is 14.5 Å². The third kappa shape index (κ3) is 6.43. The van der Waals surface area contributed by atoms with Crippen LogP contribution in [0.4, 0.5) is 0 Å². The highest BCUT2D eigenvalue weighted by atomic mass is 32.2. The highest BCUT2D eigenvalue weighted by Crippen LogP contribution is 2.37. The average Bonchev–Trinajstić information content (AvgIpc) is 3.32. The standard InChI is InChI=1S/C33H50N6O5S/c1-6-7-19-38-31(41)29(30(40)25-11-9-8-10-12-25)34-32(42)33(38)17-20-37(21-18-33)22-28-23(2)35-39(24(28)3)26-13-15-27(16-14-26)45(43,44)36(4)5/h13-16,25,29-30,40H,6-12,17-22H2,1-5H3,(H,34,42). The highest BCUT2D eigenvalue weighted by molar-refractivity contribution is 7.89. The van der Waals surface area contributed by atoms with E-state index in [0.717, 1.165) is 67.6 Å². The lowest BCUT2D eigenvalue weighted by atomic mass is 9.78. The van der Waals surface area contributed by atoms with Gasteiger partial charge in [-0.15, -0.1) is 0 Å². The number of hydrogen-bond donors (Lipinski definition) is 2. The SMILES string of the molecule is CCCCN1C(=O)C(C(O)C2CCCCC2)NC(=O)C12CCN(Cc1c(C)nn(-c3ccc(S(=O)(=O)N(C)C)cc3)c1C)CC2. The molecule has 2 N–H and O–H groups in total. The van der Waals surface area contributed by atoms with E-state index in [1.165, 1.54) is 18.4 Å². The molecule has 2 amide bonds. The van der Waals surface area contributed by atoms with Crippen LogP contribution in [-0.2, 0) is 26.2 Å². The van der Waals surface area contributed by atoms with E-state index >= 15 is 0 Å². The van der Waals surface area contributed by atoms with Crippen molar-refractivity contribution in [2.45, 2.75) is 108 Å². The average molecular weight is 643 g/mol. The molecular formula is C33H50N6O5S. The summed E-state index contributed by atoms with van der Waals surface area (Å²) in [7, 11) is -0.491. The van der Waals surface area contributed by atoms with Crippen LogP contribution in [0.3, 0.4) is 0 Å². The molecule has 2 unspecified atom stereocenters. The third-order valence-corrected chi connectivity index (χ3v) is 12.2. The van der Waals surface area contributed by atoms with E-state index in [9.17, 15) is 23.1 Å². The van der Waals surface area contributed by atoms with Crippen molar-refractivity contribution in [2.75, 3.05) is 33.7 Å². The van der Waals surface area contributed by atoms with Crippen LogP contribution in [0.5, 0.6) is 0 Å². The van der Waals surface area contributed by atoms with E-state index < -0.39 is 27.7 Å². The normalized spacial score (nSPS) is 22.3. The van der Waals surface area contributed by atoms with E-state index in [2.05, 4.69) is 17.1 Å². The Morgan fingerprint density at radius 1 is 1.07 bits per heavy atom. The lowest BCUT2D eigenvalue weighted by molar-refractivity contribution is -0.166. The Balaban J connectivity index is 1.29. The van der Waals surface area contributed by atoms with E-state index in [4.69, 9.17) is 5.10 Å². The largest absolute Gasteiger partial charge is 0.390 e. The second-order valence-corrected chi connectivity index (χ2v) is 15.5. The minimum absolute atomic E-state index is 0.0494. The Labute approximate surface area is 268 Å². The molecular weight excluding hydrogens is 592 g/mol. The number of nitrogens with zero attached hydrogens (tertiary/aromatic N) is 5. The number of nitrogens with one attached hydrogen (secondary N) is 1. The number of carbonyl (C=O) groups is 2. The molecule has 1 aliphatic carbocycles. The number of likely N-dealkylation sites (tertiary alicyclic amines) is 1. The number of carbonyl (C=O) groups excluding carboxylic acids is 2. The molecule has 2 atom stereocenters. The molecule has 2 aromatic rings. The van der Waals surface area contributed by atoms with Crippen LogP contribution < -0.4 is 5.32 Å². The number of rotatable bonds is 10. The van der Waals surface area contributed by atoms with E-state index in [1.54, 1.807) is 24.3 Å². The zero-order valence-electron chi connectivity index (χ0n) is 27.5. The van der Waals surface area contributed by atoms with Crippen LogP contribution in [0, 0.1) is 19.8 Å². The van der Waals surface area contributed by atoms with Gasteiger partial charge in [0.25, 0.3) is 0 Å². The van der Waals surface area contributed by atoms with Crippen LogP contribution in [0.1, 0.15) is 81.7 Å². The van der Waals surface area contributed by atoms with E-state index in [0.29, 0.717) is 39.0 Å². The van der Waals surface area contributed by atoms with Crippen LogP contribution in [0.2, 0.25) is 0 Å². The van der Waals surface area contributed by atoms with E-state index in [1.807, 2.05) is 23.4 Å². The van der Waals surface area contributed by atoms with Gasteiger partial charge < -0.3 is 15.3 Å². The number of hydrogen-bond acceptors (Lipinski definition) is 7. The third-order valence-electron chi connectivity index (χ3n) is 10.3. The molecule has 3 heterocycles. The number of piperazine rings is 1. The highest BCUT2D eigenvalue weighted by Gasteiger charge is 2.55. The Kier molecular flexibility index (Phi) is 10.1. The van der Waals surface area contributed by atoms with Crippen molar-refractivity contribution in [1.29, 1.82) is 0 Å². The molecule has 45 heavy (non-hydrogen) atoms. The van der Waals surface area contributed by atoms with Gasteiger partial charge in [0.15, 0.2) is 0 Å². The topological polar surface area (TPSA) is 128 Å². The maximum absolute atomic E-state index is 13.9. The molecule has 1 saturated carbocycles. The Morgan fingerprint density at radius 2 is 1.71 bits per heavy atom. The summed E-state index contributed by atoms with van der Waals surface area (Å²) in [5, 5.41) is 19.0. The van der Waals surface area contributed by atoms with Crippen molar-refractivity contribution in [3.05, 3.63) is 41.2 Å². The molecule has 3 aliphatic rings. The number of unbranched alkanes of at least 4 members (excludes halogenated alkanes) is 1. The number of piperidine rings is 1. The minimum atomic E-state index is -3.52. The number of benzene rings is 1. The summed E-state index contributed by atoms with van der Waals surface area (Å²) >= 11 is 0. The number of aryl methyl sites for hydroxylation is 1. The second kappa shape index (κ2) is 13.5. The summed E-state index contributed by atoms with van der Waals surface area (Å²) in [5.74, 6) is -0.210. The maximum Gasteiger partial charge on any atom is 0.248 e. The number of aromatic nitrogens is 2. The quantitative estimate of drug-likeness (QED) is 0.408. The summed E-state index contributed by atoms with van der Waals surface area (Å²) in [4.78, 5) is 32.2. The first-order valence-corrected chi connectivity index (χ1v) is 18.0. The monoisotopic (exact) mass is 642 g/mol. The summed E-state index contributed by atoms with van der Waals surface area (Å²) in [6.07, 6.45) is 7.03. The molecule has 0 radical (unpaired) electrons. The van der Waals surface area contributed by atoms with Gasteiger partial charge in [0, 0.05) is 51.5 Å².